The van der Waals surface area contributed by atoms with Gasteiger partial charge in [0.05, 0.1) is 31.0 Å². The van der Waals surface area contributed by atoms with Gasteiger partial charge in [0.15, 0.2) is 0 Å². The number of benzene rings is 2. The number of hydrogen-bond donors (Lipinski definition) is 1. The molecule has 0 fully saturated rings. The van der Waals surface area contributed by atoms with Crippen LogP contribution < -0.4 is 10.1 Å². The molecular weight excluding hydrogens is 428 g/mol. The maximum atomic E-state index is 12.9. The van der Waals surface area contributed by atoms with E-state index >= 15 is 0 Å². The van der Waals surface area contributed by atoms with Gasteiger partial charge in [0, 0.05) is 22.5 Å². The second-order valence-electron chi connectivity index (χ2n) is 7.74. The number of carbonyl (C=O) groups is 1. The molecule has 0 radical (unpaired) electrons. The third-order valence-electron chi connectivity index (χ3n) is 5.61. The third kappa shape index (κ3) is 3.73. The number of rotatable bonds is 4. The largest absolute Gasteiger partial charge is 0.495 e. The van der Waals surface area contributed by atoms with Crippen LogP contribution in [0, 0.1) is 6.92 Å². The van der Waals surface area contributed by atoms with Crippen molar-refractivity contribution in [3.05, 3.63) is 71.4 Å². The van der Waals surface area contributed by atoms with Gasteiger partial charge in [-0.2, -0.15) is 0 Å². The molecule has 0 bridgehead atoms. The lowest BCUT2D eigenvalue weighted by molar-refractivity contribution is -0.119. The van der Waals surface area contributed by atoms with Crippen LogP contribution in [-0.4, -0.2) is 37.6 Å². The van der Waals surface area contributed by atoms with E-state index in [0.29, 0.717) is 29.3 Å². The zero-order chi connectivity index (χ0) is 22.2. The minimum Gasteiger partial charge on any atom is -0.495 e. The van der Waals surface area contributed by atoms with Crippen molar-refractivity contribution in [3.8, 4) is 22.7 Å². The van der Waals surface area contributed by atoms with Crippen LogP contribution in [0.25, 0.3) is 16.9 Å². The first kappa shape index (κ1) is 20.3. The van der Waals surface area contributed by atoms with Crippen molar-refractivity contribution in [2.45, 2.75) is 25.8 Å². The van der Waals surface area contributed by atoms with Gasteiger partial charge in [-0.1, -0.05) is 22.9 Å². The fourth-order valence-electron chi connectivity index (χ4n) is 3.95. The molecule has 0 saturated heterocycles. The number of carbonyl (C=O) groups excluding carboxylic acids is 1. The lowest BCUT2D eigenvalue weighted by Gasteiger charge is -2.12. The maximum Gasteiger partial charge on any atom is 0.249 e. The highest BCUT2D eigenvalue weighted by molar-refractivity contribution is 6.30. The van der Waals surface area contributed by atoms with Crippen molar-refractivity contribution >= 4 is 23.2 Å². The van der Waals surface area contributed by atoms with Gasteiger partial charge >= 0.3 is 0 Å². The van der Waals surface area contributed by atoms with Gasteiger partial charge in [-0.25, -0.2) is 9.67 Å². The molecule has 1 atom stereocenters. The summed E-state index contributed by atoms with van der Waals surface area (Å²) in [5.41, 5.74) is 5.11. The van der Waals surface area contributed by atoms with E-state index in [1.165, 1.54) is 0 Å². The summed E-state index contributed by atoms with van der Waals surface area (Å²) in [5.74, 6) is 0.569. The fourth-order valence-corrected chi connectivity index (χ4v) is 4.14. The van der Waals surface area contributed by atoms with E-state index in [-0.39, 0.29) is 5.91 Å². The van der Waals surface area contributed by atoms with Crippen LogP contribution in [0.4, 0.5) is 5.69 Å². The van der Waals surface area contributed by atoms with Gasteiger partial charge in [0.2, 0.25) is 5.91 Å². The summed E-state index contributed by atoms with van der Waals surface area (Å²) in [4.78, 5) is 17.1. The van der Waals surface area contributed by atoms with Gasteiger partial charge in [-0.3, -0.25) is 4.79 Å². The minimum absolute atomic E-state index is 0.120. The Labute approximate surface area is 189 Å². The number of methoxy groups -OCH3 is 1. The predicted octanol–water partition coefficient (Wildman–Crippen LogP) is 4.23. The van der Waals surface area contributed by atoms with E-state index < -0.39 is 6.04 Å². The van der Waals surface area contributed by atoms with Gasteiger partial charge in [0.1, 0.15) is 17.5 Å². The van der Waals surface area contributed by atoms with Crippen LogP contribution in [0.15, 0.2) is 55.1 Å². The highest BCUT2D eigenvalue weighted by atomic mass is 35.5. The third-order valence-corrected chi connectivity index (χ3v) is 5.84. The number of nitrogens with zero attached hydrogens (tertiary/aromatic N) is 5. The van der Waals surface area contributed by atoms with Crippen molar-refractivity contribution < 1.29 is 9.53 Å². The molecule has 1 amide bonds. The maximum absolute atomic E-state index is 12.9. The summed E-state index contributed by atoms with van der Waals surface area (Å²) in [6, 6.07) is 10.8. The number of hydrogen-bond acceptors (Lipinski definition) is 5. The molecule has 162 valence electrons. The molecule has 1 aliphatic rings. The number of imidazole rings is 1. The van der Waals surface area contributed by atoms with Crippen molar-refractivity contribution in [1.29, 1.82) is 0 Å². The van der Waals surface area contributed by atoms with Crippen molar-refractivity contribution in [2.75, 3.05) is 12.4 Å². The van der Waals surface area contributed by atoms with Crippen molar-refractivity contribution in [1.82, 2.24) is 24.5 Å². The smallest absolute Gasteiger partial charge is 0.249 e. The highest BCUT2D eigenvalue weighted by Gasteiger charge is 2.26. The van der Waals surface area contributed by atoms with Gasteiger partial charge in [-0.15, -0.1) is 5.10 Å². The number of fused-ring (bicyclic) bond motifs is 1. The van der Waals surface area contributed by atoms with Crippen LogP contribution in [-0.2, 0) is 11.2 Å². The Morgan fingerprint density at radius 1 is 1.19 bits per heavy atom. The normalized spacial score (nSPS) is 15.7. The minimum atomic E-state index is -0.461. The van der Waals surface area contributed by atoms with Gasteiger partial charge < -0.3 is 14.6 Å². The fraction of sp³-hybridized carbons (Fsp3) is 0.217. The quantitative estimate of drug-likeness (QED) is 0.505. The molecule has 32 heavy (non-hydrogen) atoms. The molecule has 1 N–H and O–H groups in total. The second kappa shape index (κ2) is 8.12. The standard InChI is InChI=1S/C23H21ClN6O2/c1-14-11-29(13-25-14)20-7-3-16(10-22(20)32-2)19-12-30(28-27-19)21-8-4-15-9-17(24)5-6-18(15)26-23(21)31/h3,5-7,9-13,21H,4,8H2,1-2H3,(H,26,31). The first-order chi connectivity index (χ1) is 15.5. The molecular formula is C23H21ClN6O2. The number of anilines is 1. The molecule has 8 nitrogen and oxygen atoms in total. The van der Waals surface area contributed by atoms with Gasteiger partial charge in [-0.05, 0) is 55.7 Å². The lowest BCUT2D eigenvalue weighted by Crippen LogP contribution is -2.25. The molecule has 2 aromatic carbocycles. The molecule has 0 saturated carbocycles. The number of amides is 1. The van der Waals surface area contributed by atoms with Crippen molar-refractivity contribution in [3.63, 3.8) is 0 Å². The van der Waals surface area contributed by atoms with Crippen LogP contribution in [0.1, 0.15) is 23.7 Å². The molecule has 0 spiro atoms. The van der Waals surface area contributed by atoms with E-state index in [1.54, 1.807) is 30.4 Å². The molecule has 5 rings (SSSR count). The summed E-state index contributed by atoms with van der Waals surface area (Å²) in [6.45, 7) is 1.94. The van der Waals surface area contributed by atoms with Crippen molar-refractivity contribution in [2.24, 2.45) is 0 Å². The lowest BCUT2D eigenvalue weighted by atomic mass is 10.1. The Hall–Kier alpha value is -3.65. The van der Waals surface area contributed by atoms with Crippen LogP contribution in [0.5, 0.6) is 5.75 Å². The monoisotopic (exact) mass is 448 g/mol. The Morgan fingerprint density at radius 3 is 2.84 bits per heavy atom. The zero-order valence-corrected chi connectivity index (χ0v) is 18.4. The highest BCUT2D eigenvalue weighted by Crippen LogP contribution is 2.31. The number of aromatic nitrogens is 5. The Bertz CT molecular complexity index is 1310. The molecule has 2 aromatic heterocycles. The Balaban J connectivity index is 1.42. The van der Waals surface area contributed by atoms with Crippen LogP contribution in [0.3, 0.4) is 0 Å². The van der Waals surface area contributed by atoms with E-state index in [0.717, 1.165) is 28.2 Å². The Kier molecular flexibility index (Phi) is 5.14. The molecule has 1 unspecified atom stereocenters. The first-order valence-corrected chi connectivity index (χ1v) is 10.6. The summed E-state index contributed by atoms with van der Waals surface area (Å²) in [6.07, 6.45) is 6.79. The number of aryl methyl sites for hydroxylation is 2. The molecule has 4 aromatic rings. The molecule has 3 heterocycles. The molecule has 9 heteroatoms. The predicted molar refractivity (Wildman–Crippen MR) is 121 cm³/mol. The summed E-state index contributed by atoms with van der Waals surface area (Å²) < 4.78 is 9.13. The van der Waals surface area contributed by atoms with E-state index in [4.69, 9.17) is 16.3 Å². The number of ether oxygens (including phenoxy) is 1. The van der Waals surface area contributed by atoms with Crippen LogP contribution in [0.2, 0.25) is 5.02 Å². The van der Waals surface area contributed by atoms with E-state index in [2.05, 4.69) is 20.6 Å². The SMILES string of the molecule is COc1cc(-c2cn(C3CCc4cc(Cl)ccc4NC3=O)nn2)ccc1-n1cnc(C)c1. The average molecular weight is 449 g/mol. The molecule has 0 aliphatic carbocycles. The average Bonchev–Trinajstić information content (AvgIpc) is 3.41. The summed E-state index contributed by atoms with van der Waals surface area (Å²) in [7, 11) is 1.63. The van der Waals surface area contributed by atoms with E-state index in [9.17, 15) is 4.79 Å². The second-order valence-corrected chi connectivity index (χ2v) is 8.17. The Morgan fingerprint density at radius 2 is 2.06 bits per heavy atom. The summed E-state index contributed by atoms with van der Waals surface area (Å²) >= 11 is 6.11. The van der Waals surface area contributed by atoms with E-state index in [1.807, 2.05) is 48.0 Å². The number of halogens is 1. The topological polar surface area (TPSA) is 86.9 Å². The van der Waals surface area contributed by atoms with Crippen LogP contribution >= 0.6 is 11.6 Å². The number of nitrogens with one attached hydrogen (secondary N) is 1. The summed E-state index contributed by atoms with van der Waals surface area (Å²) in [5, 5.41) is 12.2. The zero-order valence-electron chi connectivity index (χ0n) is 17.6. The molecule has 1 aliphatic heterocycles. The van der Waals surface area contributed by atoms with Gasteiger partial charge in [0.25, 0.3) is 0 Å². The first-order valence-electron chi connectivity index (χ1n) is 10.2.